The summed E-state index contributed by atoms with van der Waals surface area (Å²) >= 11 is 9.23. The van der Waals surface area contributed by atoms with Crippen LogP contribution in [0.3, 0.4) is 0 Å². The summed E-state index contributed by atoms with van der Waals surface area (Å²) < 4.78 is 1.97. The van der Waals surface area contributed by atoms with E-state index in [1.807, 2.05) is 32.8 Å². The number of hydrogen-bond donors (Lipinski definition) is 2. The van der Waals surface area contributed by atoms with Crippen molar-refractivity contribution in [2.45, 2.75) is 12.6 Å². The van der Waals surface area contributed by atoms with Gasteiger partial charge in [0.1, 0.15) is 0 Å². The van der Waals surface area contributed by atoms with E-state index in [-0.39, 0.29) is 0 Å². The molecule has 0 saturated heterocycles. The quantitative estimate of drug-likeness (QED) is 0.761. The van der Waals surface area contributed by atoms with Crippen LogP contribution in [-0.4, -0.2) is 21.0 Å². The van der Waals surface area contributed by atoms with Crippen molar-refractivity contribution in [3.8, 4) is 0 Å². The molecule has 0 amide bonds. The fourth-order valence-electron chi connectivity index (χ4n) is 1.87. The van der Waals surface area contributed by atoms with Crippen LogP contribution in [-0.2, 0) is 6.54 Å². The van der Waals surface area contributed by atoms with E-state index in [2.05, 4.69) is 10.3 Å². The van der Waals surface area contributed by atoms with Crippen molar-refractivity contribution in [2.24, 2.45) is 0 Å². The molecule has 4 nitrogen and oxygen atoms in total. The molecule has 0 saturated carbocycles. The molecule has 3 rings (SSSR count). The van der Waals surface area contributed by atoms with E-state index in [1.165, 1.54) is 0 Å². The summed E-state index contributed by atoms with van der Waals surface area (Å²) in [7, 11) is 0. The highest BCUT2D eigenvalue weighted by molar-refractivity contribution is 7.15. The minimum atomic E-state index is -0.490. The van der Waals surface area contributed by atoms with Crippen molar-refractivity contribution in [1.29, 1.82) is 0 Å². The maximum Gasteiger partial charge on any atom is 0.195 e. The normalized spacial score (nSPS) is 13.2. The molecule has 0 bridgehead atoms. The zero-order chi connectivity index (χ0) is 13.2. The molecular weight excluding hydrogens is 302 g/mol. The SMILES string of the molecule is OC(CNCc1c(Cl)nc2sccn12)c1ccsc1. The molecule has 0 spiro atoms. The number of nitrogens with zero attached hydrogens (tertiary/aromatic N) is 2. The van der Waals surface area contributed by atoms with E-state index in [4.69, 9.17) is 11.6 Å². The number of halogens is 1. The molecule has 100 valence electrons. The summed E-state index contributed by atoms with van der Waals surface area (Å²) in [6.45, 7) is 1.07. The fraction of sp³-hybridized carbons (Fsp3) is 0.250. The highest BCUT2D eigenvalue weighted by Crippen LogP contribution is 2.21. The van der Waals surface area contributed by atoms with Gasteiger partial charge >= 0.3 is 0 Å². The lowest BCUT2D eigenvalue weighted by atomic mass is 10.2. The smallest absolute Gasteiger partial charge is 0.195 e. The van der Waals surface area contributed by atoms with Gasteiger partial charge in [0.2, 0.25) is 0 Å². The summed E-state index contributed by atoms with van der Waals surface area (Å²) in [5.74, 6) is 0. The Bertz CT molecular complexity index is 662. The Balaban J connectivity index is 1.63. The molecule has 0 fully saturated rings. The average molecular weight is 314 g/mol. The van der Waals surface area contributed by atoms with Gasteiger partial charge < -0.3 is 10.4 Å². The van der Waals surface area contributed by atoms with Crippen LogP contribution < -0.4 is 5.32 Å². The second-order valence-corrected chi connectivity index (χ2v) is 6.12. The lowest BCUT2D eigenvalue weighted by Gasteiger charge is -2.10. The number of hydrogen-bond acceptors (Lipinski definition) is 5. The van der Waals surface area contributed by atoms with Gasteiger partial charge in [0.15, 0.2) is 10.1 Å². The number of thiophene rings is 1. The van der Waals surface area contributed by atoms with Gasteiger partial charge in [-0.15, -0.1) is 11.3 Å². The summed E-state index contributed by atoms with van der Waals surface area (Å²) in [5, 5.41) is 19.6. The number of imidazole rings is 1. The van der Waals surface area contributed by atoms with Crippen LogP contribution in [0, 0.1) is 0 Å². The first-order chi connectivity index (χ1) is 9.25. The molecule has 0 aliphatic heterocycles. The van der Waals surface area contributed by atoms with Gasteiger partial charge in [-0.3, -0.25) is 4.40 Å². The molecule has 0 radical (unpaired) electrons. The Morgan fingerprint density at radius 2 is 2.37 bits per heavy atom. The maximum absolute atomic E-state index is 9.97. The Hall–Kier alpha value is -0.920. The third kappa shape index (κ3) is 2.68. The first-order valence-electron chi connectivity index (χ1n) is 5.76. The summed E-state index contributed by atoms with van der Waals surface area (Å²) in [4.78, 5) is 5.16. The largest absolute Gasteiger partial charge is 0.387 e. The van der Waals surface area contributed by atoms with E-state index in [1.54, 1.807) is 22.7 Å². The van der Waals surface area contributed by atoms with Crippen LogP contribution in [0.25, 0.3) is 4.96 Å². The van der Waals surface area contributed by atoms with E-state index in [0.717, 1.165) is 16.2 Å². The summed E-state index contributed by atoms with van der Waals surface area (Å²) in [6.07, 6.45) is 1.46. The van der Waals surface area contributed by atoms with E-state index >= 15 is 0 Å². The highest BCUT2D eigenvalue weighted by Gasteiger charge is 2.12. The lowest BCUT2D eigenvalue weighted by molar-refractivity contribution is 0.174. The summed E-state index contributed by atoms with van der Waals surface area (Å²) in [5.41, 5.74) is 1.87. The van der Waals surface area contributed by atoms with Crippen molar-refractivity contribution in [3.05, 3.63) is 44.8 Å². The topological polar surface area (TPSA) is 49.6 Å². The van der Waals surface area contributed by atoms with Crippen LogP contribution in [0.15, 0.2) is 28.4 Å². The zero-order valence-corrected chi connectivity index (χ0v) is 12.3. The summed E-state index contributed by atoms with van der Waals surface area (Å²) in [6, 6.07) is 1.93. The molecule has 2 N–H and O–H groups in total. The van der Waals surface area contributed by atoms with Crippen LogP contribution in [0.2, 0.25) is 5.15 Å². The first-order valence-corrected chi connectivity index (χ1v) is 7.96. The van der Waals surface area contributed by atoms with Gasteiger partial charge in [0.25, 0.3) is 0 Å². The maximum atomic E-state index is 9.97. The van der Waals surface area contributed by atoms with E-state index in [0.29, 0.717) is 18.2 Å². The molecule has 3 aromatic heterocycles. The number of thiazole rings is 1. The van der Waals surface area contributed by atoms with Crippen LogP contribution in [0.1, 0.15) is 17.4 Å². The second-order valence-electron chi connectivity index (χ2n) is 4.11. The van der Waals surface area contributed by atoms with Crippen molar-refractivity contribution in [1.82, 2.24) is 14.7 Å². The molecule has 0 aliphatic carbocycles. The molecule has 1 atom stereocenters. The highest BCUT2D eigenvalue weighted by atomic mass is 35.5. The fourth-order valence-corrected chi connectivity index (χ4v) is 3.60. The molecule has 3 aromatic rings. The Morgan fingerprint density at radius 3 is 3.16 bits per heavy atom. The number of aliphatic hydroxyl groups excluding tert-OH is 1. The van der Waals surface area contributed by atoms with Gasteiger partial charge in [-0.25, -0.2) is 4.98 Å². The van der Waals surface area contributed by atoms with Gasteiger partial charge in [-0.2, -0.15) is 11.3 Å². The number of aromatic nitrogens is 2. The van der Waals surface area contributed by atoms with Gasteiger partial charge in [0, 0.05) is 24.7 Å². The molecule has 3 heterocycles. The minimum absolute atomic E-state index is 0.490. The Labute approximate surface area is 123 Å². The lowest BCUT2D eigenvalue weighted by Crippen LogP contribution is -2.21. The zero-order valence-electron chi connectivity index (χ0n) is 9.91. The molecule has 0 aliphatic rings. The molecular formula is C12H12ClN3OS2. The van der Waals surface area contributed by atoms with E-state index in [9.17, 15) is 5.11 Å². The monoisotopic (exact) mass is 313 g/mol. The number of rotatable bonds is 5. The number of fused-ring (bicyclic) bond motifs is 1. The molecule has 0 aromatic carbocycles. The van der Waals surface area contributed by atoms with Crippen molar-refractivity contribution in [2.75, 3.05) is 6.54 Å². The third-order valence-electron chi connectivity index (χ3n) is 2.87. The van der Waals surface area contributed by atoms with Crippen molar-refractivity contribution >= 4 is 39.2 Å². The van der Waals surface area contributed by atoms with Gasteiger partial charge in [-0.1, -0.05) is 11.6 Å². The molecule has 1 unspecified atom stereocenters. The predicted octanol–water partition coefficient (Wildman–Crippen LogP) is 2.93. The van der Waals surface area contributed by atoms with Crippen molar-refractivity contribution in [3.63, 3.8) is 0 Å². The number of nitrogens with one attached hydrogen (secondary N) is 1. The second kappa shape index (κ2) is 5.60. The minimum Gasteiger partial charge on any atom is -0.387 e. The Kier molecular flexibility index (Phi) is 3.86. The Morgan fingerprint density at radius 1 is 1.47 bits per heavy atom. The van der Waals surface area contributed by atoms with Crippen LogP contribution in [0.4, 0.5) is 0 Å². The van der Waals surface area contributed by atoms with Gasteiger partial charge in [-0.05, 0) is 22.4 Å². The van der Waals surface area contributed by atoms with E-state index < -0.39 is 6.10 Å². The third-order valence-corrected chi connectivity index (χ3v) is 4.63. The predicted molar refractivity (Wildman–Crippen MR) is 79.1 cm³/mol. The molecule has 19 heavy (non-hydrogen) atoms. The number of aliphatic hydroxyl groups is 1. The van der Waals surface area contributed by atoms with Crippen LogP contribution in [0.5, 0.6) is 0 Å². The van der Waals surface area contributed by atoms with Crippen LogP contribution >= 0.6 is 34.3 Å². The standard InChI is InChI=1S/C12H12ClN3OS2/c13-11-9(16-2-4-19-12(16)15-11)5-14-6-10(17)8-1-3-18-7-8/h1-4,7,10,14,17H,5-6H2. The van der Waals surface area contributed by atoms with Crippen molar-refractivity contribution < 1.29 is 5.11 Å². The average Bonchev–Trinajstić information content (AvgIpc) is 3.08. The molecule has 7 heteroatoms. The first kappa shape index (κ1) is 13.1. The van der Waals surface area contributed by atoms with Gasteiger partial charge in [0.05, 0.1) is 11.8 Å².